The second kappa shape index (κ2) is 6.74. The van der Waals surface area contributed by atoms with Gasteiger partial charge in [0.25, 0.3) is 0 Å². The van der Waals surface area contributed by atoms with Gasteiger partial charge in [-0.3, -0.25) is 10.2 Å². The average molecular weight is 274 g/mol. The Morgan fingerprint density at radius 2 is 2.29 bits per heavy atom. The van der Waals surface area contributed by atoms with Gasteiger partial charge >= 0.3 is 0 Å². The van der Waals surface area contributed by atoms with Crippen LogP contribution in [0.2, 0.25) is 5.02 Å². The maximum absolute atomic E-state index is 11.0. The van der Waals surface area contributed by atoms with Crippen LogP contribution in [0.5, 0.6) is 0 Å². The molecule has 1 amide bonds. The summed E-state index contributed by atoms with van der Waals surface area (Å²) in [6, 6.07) is 5.42. The van der Waals surface area contributed by atoms with Gasteiger partial charge in [-0.1, -0.05) is 18.5 Å². The molecule has 0 aliphatic heterocycles. The van der Waals surface area contributed by atoms with Gasteiger partial charge in [0.15, 0.2) is 0 Å². The third-order valence-corrected chi connectivity index (χ3v) is 3.74. The molecule has 1 aromatic carbocycles. The molecule has 0 aliphatic carbocycles. The minimum Gasteiger partial charge on any atom is -0.398 e. The predicted octanol–water partition coefficient (Wildman–Crippen LogP) is 2.17. The van der Waals surface area contributed by atoms with Crippen LogP contribution in [-0.4, -0.2) is 11.2 Å². The van der Waals surface area contributed by atoms with Gasteiger partial charge in [0.2, 0.25) is 5.91 Å². The van der Waals surface area contributed by atoms with Gasteiger partial charge in [-0.25, -0.2) is 5.84 Å². The monoisotopic (exact) mass is 273 g/mol. The molecule has 0 heterocycles. The second-order valence-corrected chi connectivity index (χ2v) is 5.63. The normalized spacial score (nSPS) is 12.2. The van der Waals surface area contributed by atoms with E-state index in [0.717, 1.165) is 11.3 Å². The maximum Gasteiger partial charge on any atom is 0.233 e. The van der Waals surface area contributed by atoms with E-state index in [9.17, 15) is 4.79 Å². The number of amides is 1. The van der Waals surface area contributed by atoms with Crippen molar-refractivity contribution in [2.24, 2.45) is 5.84 Å². The average Bonchev–Trinajstić information content (AvgIpc) is 2.29. The molecule has 1 atom stereocenters. The fourth-order valence-corrected chi connectivity index (χ4v) is 2.50. The van der Waals surface area contributed by atoms with Crippen molar-refractivity contribution < 1.29 is 4.79 Å². The first kappa shape index (κ1) is 14.2. The number of carbonyl (C=O) groups excluding carboxylic acids is 1. The Kier molecular flexibility index (Phi) is 5.61. The molecule has 1 unspecified atom stereocenters. The number of thioether (sulfide) groups is 1. The van der Waals surface area contributed by atoms with Crippen LogP contribution >= 0.6 is 23.4 Å². The topological polar surface area (TPSA) is 81.1 Å². The number of nitrogens with one attached hydrogen (secondary N) is 1. The molecule has 1 rings (SSSR count). The molecule has 0 aliphatic rings. The number of anilines is 1. The van der Waals surface area contributed by atoms with Crippen molar-refractivity contribution in [1.82, 2.24) is 5.43 Å². The summed E-state index contributed by atoms with van der Waals surface area (Å²) in [5, 5.41) is 0.915. The van der Waals surface area contributed by atoms with E-state index in [2.05, 4.69) is 5.43 Å². The lowest BCUT2D eigenvalue weighted by atomic mass is 10.2. The van der Waals surface area contributed by atoms with Gasteiger partial charge in [0.05, 0.1) is 0 Å². The highest BCUT2D eigenvalue weighted by Crippen LogP contribution is 2.32. The van der Waals surface area contributed by atoms with Crippen molar-refractivity contribution >= 4 is 35.0 Å². The molecule has 4 nitrogen and oxygen atoms in total. The highest BCUT2D eigenvalue weighted by Gasteiger charge is 2.09. The Morgan fingerprint density at radius 1 is 1.59 bits per heavy atom. The summed E-state index contributed by atoms with van der Waals surface area (Å²) in [6.07, 6.45) is 1.16. The first-order valence-corrected chi connectivity index (χ1v) is 6.50. The molecule has 94 valence electrons. The van der Waals surface area contributed by atoms with Gasteiger partial charge in [0, 0.05) is 27.3 Å². The lowest BCUT2D eigenvalue weighted by molar-refractivity contribution is -0.121. The molecule has 0 bridgehead atoms. The molecule has 0 spiro atoms. The summed E-state index contributed by atoms with van der Waals surface area (Å²) in [7, 11) is 0. The maximum atomic E-state index is 11.0. The Labute approximate surface area is 110 Å². The van der Waals surface area contributed by atoms with E-state index in [1.165, 1.54) is 0 Å². The molecular weight excluding hydrogens is 258 g/mol. The summed E-state index contributed by atoms with van der Waals surface area (Å²) in [6.45, 7) is 2.04. The lowest BCUT2D eigenvalue weighted by Gasteiger charge is -2.12. The van der Waals surface area contributed by atoms with Crippen LogP contribution in [0.4, 0.5) is 5.69 Å². The Bertz CT molecular complexity index is 400. The molecule has 0 saturated carbocycles. The number of benzene rings is 1. The molecule has 0 radical (unpaired) electrons. The van der Waals surface area contributed by atoms with Gasteiger partial charge in [-0.2, -0.15) is 0 Å². The fraction of sp³-hybridized carbons (Fsp3) is 0.364. The molecule has 0 aromatic heterocycles. The Morgan fingerprint density at radius 3 is 2.88 bits per heavy atom. The number of rotatable bonds is 5. The fourth-order valence-electron chi connectivity index (χ4n) is 1.31. The standard InChI is InChI=1S/C11H16ClN3OS/c1-7(2-5-11(16)15-14)17-10-4-3-8(12)6-9(10)13/h3-4,6-7H,2,5,13-14H2,1H3,(H,15,16). The van der Waals surface area contributed by atoms with Crippen LogP contribution in [0.3, 0.4) is 0 Å². The summed E-state index contributed by atoms with van der Waals surface area (Å²) in [4.78, 5) is 12.0. The van der Waals surface area contributed by atoms with E-state index in [0.29, 0.717) is 17.1 Å². The van der Waals surface area contributed by atoms with E-state index in [1.807, 2.05) is 13.0 Å². The highest BCUT2D eigenvalue weighted by molar-refractivity contribution is 8.00. The first-order valence-electron chi connectivity index (χ1n) is 5.24. The highest BCUT2D eigenvalue weighted by atomic mass is 35.5. The Balaban J connectivity index is 2.50. The first-order chi connectivity index (χ1) is 8.02. The SMILES string of the molecule is CC(CCC(=O)NN)Sc1ccc(Cl)cc1N. The lowest BCUT2D eigenvalue weighted by Crippen LogP contribution is -2.30. The quantitative estimate of drug-likeness (QED) is 0.252. The smallest absolute Gasteiger partial charge is 0.233 e. The zero-order chi connectivity index (χ0) is 12.8. The van der Waals surface area contributed by atoms with E-state index >= 15 is 0 Å². The van der Waals surface area contributed by atoms with Crippen LogP contribution in [-0.2, 0) is 4.79 Å². The molecule has 0 saturated heterocycles. The number of halogens is 1. The molecule has 0 fully saturated rings. The third-order valence-electron chi connectivity index (χ3n) is 2.24. The summed E-state index contributed by atoms with van der Waals surface area (Å²) in [5.41, 5.74) is 8.62. The number of hydrogen-bond acceptors (Lipinski definition) is 4. The van der Waals surface area contributed by atoms with Crippen LogP contribution in [0.15, 0.2) is 23.1 Å². The molecule has 17 heavy (non-hydrogen) atoms. The van der Waals surface area contributed by atoms with Gasteiger partial charge in [-0.05, 0) is 24.6 Å². The summed E-state index contributed by atoms with van der Waals surface area (Å²) in [5.74, 6) is 4.86. The minimum atomic E-state index is -0.151. The number of hydrazine groups is 1. The zero-order valence-electron chi connectivity index (χ0n) is 9.57. The summed E-state index contributed by atoms with van der Waals surface area (Å²) < 4.78 is 0. The van der Waals surface area contributed by atoms with Crippen LogP contribution in [0.1, 0.15) is 19.8 Å². The van der Waals surface area contributed by atoms with E-state index in [1.54, 1.807) is 23.9 Å². The molecule has 6 heteroatoms. The van der Waals surface area contributed by atoms with Crippen molar-refractivity contribution in [3.63, 3.8) is 0 Å². The number of nitrogen functional groups attached to an aromatic ring is 1. The number of nitrogens with two attached hydrogens (primary N) is 2. The predicted molar refractivity (Wildman–Crippen MR) is 72.7 cm³/mol. The molecular formula is C11H16ClN3OS. The van der Waals surface area contributed by atoms with E-state index in [4.69, 9.17) is 23.2 Å². The van der Waals surface area contributed by atoms with Crippen molar-refractivity contribution in [2.45, 2.75) is 29.9 Å². The second-order valence-electron chi connectivity index (χ2n) is 3.72. The van der Waals surface area contributed by atoms with Gasteiger partial charge in [-0.15, -0.1) is 11.8 Å². The van der Waals surface area contributed by atoms with Crippen molar-refractivity contribution in [3.8, 4) is 0 Å². The van der Waals surface area contributed by atoms with Crippen molar-refractivity contribution in [3.05, 3.63) is 23.2 Å². The van der Waals surface area contributed by atoms with Crippen LogP contribution < -0.4 is 17.0 Å². The van der Waals surface area contributed by atoms with Gasteiger partial charge in [0.1, 0.15) is 0 Å². The zero-order valence-corrected chi connectivity index (χ0v) is 11.1. The van der Waals surface area contributed by atoms with Crippen molar-refractivity contribution in [2.75, 3.05) is 5.73 Å². The minimum absolute atomic E-state index is 0.151. The largest absolute Gasteiger partial charge is 0.398 e. The molecule has 1 aromatic rings. The number of carbonyl (C=O) groups is 1. The summed E-state index contributed by atoms with van der Waals surface area (Å²) >= 11 is 7.45. The van der Waals surface area contributed by atoms with Gasteiger partial charge < -0.3 is 5.73 Å². The van der Waals surface area contributed by atoms with E-state index in [-0.39, 0.29) is 11.2 Å². The Hall–Kier alpha value is -0.910. The van der Waals surface area contributed by atoms with Crippen molar-refractivity contribution in [1.29, 1.82) is 0 Å². The van der Waals surface area contributed by atoms with Crippen LogP contribution in [0.25, 0.3) is 0 Å². The van der Waals surface area contributed by atoms with Crippen LogP contribution in [0, 0.1) is 0 Å². The number of hydrogen-bond donors (Lipinski definition) is 3. The third kappa shape index (κ3) is 4.85. The van der Waals surface area contributed by atoms with E-state index < -0.39 is 0 Å². The molecule has 5 N–H and O–H groups in total.